The van der Waals surface area contributed by atoms with Gasteiger partial charge in [-0.1, -0.05) is 28.1 Å². The summed E-state index contributed by atoms with van der Waals surface area (Å²) in [5.41, 5.74) is 2.55. The molecular formula is C14H11BrN2O. The van der Waals surface area contributed by atoms with Gasteiger partial charge >= 0.3 is 0 Å². The van der Waals surface area contributed by atoms with Gasteiger partial charge in [-0.3, -0.25) is 0 Å². The van der Waals surface area contributed by atoms with E-state index < -0.39 is 0 Å². The van der Waals surface area contributed by atoms with Crippen molar-refractivity contribution in [2.24, 2.45) is 0 Å². The lowest BCUT2D eigenvalue weighted by molar-refractivity contribution is 0.475. The Labute approximate surface area is 114 Å². The minimum atomic E-state index is 0.257. The third kappa shape index (κ3) is 3.25. The summed E-state index contributed by atoms with van der Waals surface area (Å²) in [6.45, 7) is 0.640. The number of phenols is 1. The first kappa shape index (κ1) is 12.5. The number of phenolic OH excluding ortho intramolecular Hbond substituents is 1. The monoisotopic (exact) mass is 302 g/mol. The number of nitriles is 1. The van der Waals surface area contributed by atoms with Crippen LogP contribution >= 0.6 is 15.9 Å². The first-order valence-electron chi connectivity index (χ1n) is 5.40. The zero-order valence-corrected chi connectivity index (χ0v) is 11.1. The standard InChI is InChI=1S/C14H11BrN2O/c15-12-5-11(8-16)6-13(7-12)17-9-10-1-3-14(18)4-2-10/h1-7,17-18H,9H2. The molecule has 0 atom stereocenters. The number of anilines is 1. The van der Waals surface area contributed by atoms with Gasteiger partial charge in [-0.15, -0.1) is 0 Å². The van der Waals surface area contributed by atoms with Crippen LogP contribution < -0.4 is 5.32 Å². The van der Waals surface area contributed by atoms with E-state index in [0.717, 1.165) is 15.7 Å². The second-order valence-electron chi connectivity index (χ2n) is 3.86. The number of aromatic hydroxyl groups is 1. The van der Waals surface area contributed by atoms with Crippen molar-refractivity contribution in [3.63, 3.8) is 0 Å². The average Bonchev–Trinajstić information content (AvgIpc) is 2.37. The molecule has 0 aliphatic heterocycles. The summed E-state index contributed by atoms with van der Waals surface area (Å²) in [6.07, 6.45) is 0. The normalized spacial score (nSPS) is 9.78. The maximum atomic E-state index is 9.18. The second kappa shape index (κ2) is 5.56. The van der Waals surface area contributed by atoms with Gasteiger partial charge in [0.2, 0.25) is 0 Å². The number of halogens is 1. The van der Waals surface area contributed by atoms with Crippen molar-refractivity contribution in [1.29, 1.82) is 5.26 Å². The van der Waals surface area contributed by atoms with Crippen molar-refractivity contribution in [3.05, 3.63) is 58.1 Å². The summed E-state index contributed by atoms with van der Waals surface area (Å²) in [5.74, 6) is 0.257. The van der Waals surface area contributed by atoms with Crippen molar-refractivity contribution in [2.45, 2.75) is 6.54 Å². The highest BCUT2D eigenvalue weighted by Gasteiger charge is 1.99. The van der Waals surface area contributed by atoms with Crippen LogP contribution in [0.2, 0.25) is 0 Å². The lowest BCUT2D eigenvalue weighted by Crippen LogP contribution is -1.99. The van der Waals surface area contributed by atoms with Gasteiger partial charge in [0.25, 0.3) is 0 Å². The van der Waals surface area contributed by atoms with Crippen LogP contribution in [0.25, 0.3) is 0 Å². The Morgan fingerprint density at radius 2 is 1.89 bits per heavy atom. The van der Waals surface area contributed by atoms with Crippen molar-refractivity contribution in [2.75, 3.05) is 5.32 Å². The van der Waals surface area contributed by atoms with Crippen LogP contribution in [-0.2, 0) is 6.54 Å². The number of nitrogens with zero attached hydrogens (tertiary/aromatic N) is 1. The Hall–Kier alpha value is -1.99. The lowest BCUT2D eigenvalue weighted by atomic mass is 10.2. The fourth-order valence-corrected chi connectivity index (χ4v) is 2.07. The van der Waals surface area contributed by atoms with Crippen molar-refractivity contribution < 1.29 is 5.11 Å². The van der Waals surface area contributed by atoms with E-state index in [1.54, 1.807) is 24.3 Å². The molecular weight excluding hydrogens is 292 g/mol. The summed E-state index contributed by atoms with van der Waals surface area (Å²) >= 11 is 3.37. The van der Waals surface area contributed by atoms with Gasteiger partial charge < -0.3 is 10.4 Å². The first-order chi connectivity index (χ1) is 8.67. The van der Waals surface area contributed by atoms with E-state index in [1.165, 1.54) is 0 Å². The molecule has 0 bridgehead atoms. The number of benzene rings is 2. The number of hydrogen-bond donors (Lipinski definition) is 2. The van der Waals surface area contributed by atoms with Crippen molar-refractivity contribution in [1.82, 2.24) is 0 Å². The molecule has 0 aliphatic rings. The Bertz CT molecular complexity index is 588. The molecule has 18 heavy (non-hydrogen) atoms. The molecule has 0 amide bonds. The Morgan fingerprint density at radius 3 is 2.56 bits per heavy atom. The minimum Gasteiger partial charge on any atom is -0.508 e. The van der Waals surface area contributed by atoms with Crippen LogP contribution in [0, 0.1) is 11.3 Å². The largest absolute Gasteiger partial charge is 0.508 e. The predicted molar refractivity (Wildman–Crippen MR) is 74.3 cm³/mol. The van der Waals surface area contributed by atoms with Gasteiger partial charge in [-0.25, -0.2) is 0 Å². The lowest BCUT2D eigenvalue weighted by Gasteiger charge is -2.07. The SMILES string of the molecule is N#Cc1cc(Br)cc(NCc2ccc(O)cc2)c1. The molecule has 0 radical (unpaired) electrons. The molecule has 0 saturated carbocycles. The Morgan fingerprint density at radius 1 is 1.17 bits per heavy atom. The molecule has 0 unspecified atom stereocenters. The highest BCUT2D eigenvalue weighted by atomic mass is 79.9. The third-order valence-corrected chi connectivity index (χ3v) is 2.92. The fourth-order valence-electron chi connectivity index (χ4n) is 1.57. The van der Waals surface area contributed by atoms with Gasteiger partial charge in [-0.05, 0) is 35.9 Å². The molecule has 0 saturated heterocycles. The molecule has 0 aliphatic carbocycles. The van der Waals surface area contributed by atoms with Crippen LogP contribution in [0.1, 0.15) is 11.1 Å². The zero-order chi connectivity index (χ0) is 13.0. The smallest absolute Gasteiger partial charge is 0.115 e. The Kier molecular flexibility index (Phi) is 3.85. The van der Waals surface area contributed by atoms with Gasteiger partial charge in [0.1, 0.15) is 5.75 Å². The highest BCUT2D eigenvalue weighted by Crippen LogP contribution is 2.20. The molecule has 90 valence electrons. The molecule has 0 aromatic heterocycles. The van der Waals surface area contributed by atoms with E-state index >= 15 is 0 Å². The molecule has 0 fully saturated rings. The van der Waals surface area contributed by atoms with Gasteiger partial charge in [0, 0.05) is 16.7 Å². The van der Waals surface area contributed by atoms with E-state index in [4.69, 9.17) is 5.26 Å². The molecule has 2 rings (SSSR count). The van der Waals surface area contributed by atoms with E-state index in [0.29, 0.717) is 12.1 Å². The fraction of sp³-hybridized carbons (Fsp3) is 0.0714. The van der Waals surface area contributed by atoms with Crippen molar-refractivity contribution >= 4 is 21.6 Å². The minimum absolute atomic E-state index is 0.257. The molecule has 3 nitrogen and oxygen atoms in total. The number of nitrogens with one attached hydrogen (secondary N) is 1. The molecule has 2 aromatic carbocycles. The van der Waals surface area contributed by atoms with E-state index in [9.17, 15) is 5.11 Å². The highest BCUT2D eigenvalue weighted by molar-refractivity contribution is 9.10. The second-order valence-corrected chi connectivity index (χ2v) is 4.78. The quantitative estimate of drug-likeness (QED) is 0.910. The number of hydrogen-bond acceptors (Lipinski definition) is 3. The summed E-state index contributed by atoms with van der Waals surface area (Å²) in [6, 6.07) is 14.6. The molecule has 4 heteroatoms. The number of rotatable bonds is 3. The molecule has 0 heterocycles. The molecule has 2 aromatic rings. The van der Waals surface area contributed by atoms with E-state index in [1.807, 2.05) is 18.2 Å². The van der Waals surface area contributed by atoms with Crippen molar-refractivity contribution in [3.8, 4) is 11.8 Å². The van der Waals surface area contributed by atoms with Gasteiger partial charge in [0.15, 0.2) is 0 Å². The maximum Gasteiger partial charge on any atom is 0.115 e. The van der Waals surface area contributed by atoms with Crippen LogP contribution in [-0.4, -0.2) is 5.11 Å². The van der Waals surface area contributed by atoms with Crippen LogP contribution in [0.15, 0.2) is 46.9 Å². The molecule has 2 N–H and O–H groups in total. The van der Waals surface area contributed by atoms with Crippen LogP contribution in [0.5, 0.6) is 5.75 Å². The molecule has 0 spiro atoms. The third-order valence-electron chi connectivity index (χ3n) is 2.46. The van der Waals surface area contributed by atoms with E-state index in [2.05, 4.69) is 27.3 Å². The van der Waals surface area contributed by atoms with Crippen LogP contribution in [0.4, 0.5) is 5.69 Å². The topological polar surface area (TPSA) is 56.0 Å². The zero-order valence-electron chi connectivity index (χ0n) is 9.52. The summed E-state index contributed by atoms with van der Waals surface area (Å²) in [4.78, 5) is 0. The Balaban J connectivity index is 2.08. The average molecular weight is 303 g/mol. The van der Waals surface area contributed by atoms with Crippen LogP contribution in [0.3, 0.4) is 0 Å². The maximum absolute atomic E-state index is 9.18. The van der Waals surface area contributed by atoms with Gasteiger partial charge in [-0.2, -0.15) is 5.26 Å². The summed E-state index contributed by atoms with van der Waals surface area (Å²) < 4.78 is 0.870. The van der Waals surface area contributed by atoms with Gasteiger partial charge in [0.05, 0.1) is 11.6 Å². The summed E-state index contributed by atoms with van der Waals surface area (Å²) in [5, 5.41) is 21.3. The summed E-state index contributed by atoms with van der Waals surface area (Å²) in [7, 11) is 0. The van der Waals surface area contributed by atoms with E-state index in [-0.39, 0.29) is 5.75 Å². The first-order valence-corrected chi connectivity index (χ1v) is 6.19. The predicted octanol–water partition coefficient (Wildman–Crippen LogP) is 3.64.